The Kier molecular flexibility index (Phi) is 5.67. The largest absolute Gasteiger partial charge is 0.294 e. The van der Waals surface area contributed by atoms with E-state index in [1.54, 1.807) is 6.07 Å². The molecule has 3 rings (SSSR count). The molecule has 2 aromatic carbocycles. The maximum Gasteiger partial charge on any atom is 0.162 e. The summed E-state index contributed by atoms with van der Waals surface area (Å²) in [5.41, 5.74) is 3.38. The van der Waals surface area contributed by atoms with Crippen LogP contribution >= 0.6 is 0 Å². The van der Waals surface area contributed by atoms with Gasteiger partial charge in [0, 0.05) is 0 Å². The van der Waals surface area contributed by atoms with Crippen molar-refractivity contribution < 1.29 is 9.18 Å². The molecular weight excluding hydrogens is 311 g/mol. The van der Waals surface area contributed by atoms with Gasteiger partial charge in [0.25, 0.3) is 0 Å². The molecule has 2 heteroatoms. The fourth-order valence-electron chi connectivity index (χ4n) is 4.12. The molecule has 132 valence electrons. The van der Waals surface area contributed by atoms with E-state index in [2.05, 4.69) is 31.2 Å². The van der Waals surface area contributed by atoms with Crippen LogP contribution in [0.2, 0.25) is 0 Å². The van der Waals surface area contributed by atoms with Crippen molar-refractivity contribution in [2.45, 2.75) is 58.3 Å². The Morgan fingerprint density at radius 2 is 1.64 bits per heavy atom. The first-order valence-corrected chi connectivity index (χ1v) is 9.49. The van der Waals surface area contributed by atoms with E-state index in [0.29, 0.717) is 5.92 Å². The molecule has 0 aliphatic heterocycles. The van der Waals surface area contributed by atoms with Crippen molar-refractivity contribution in [2.24, 2.45) is 5.92 Å². The first kappa shape index (κ1) is 17.8. The van der Waals surface area contributed by atoms with Crippen molar-refractivity contribution in [1.82, 2.24) is 0 Å². The molecule has 1 aliphatic carbocycles. The van der Waals surface area contributed by atoms with E-state index in [9.17, 15) is 9.18 Å². The predicted octanol–water partition coefficient (Wildman–Crippen LogP) is 6.77. The molecule has 1 saturated carbocycles. The Bertz CT molecular complexity index is 724. The Labute approximate surface area is 150 Å². The highest BCUT2D eigenvalue weighted by atomic mass is 19.1. The van der Waals surface area contributed by atoms with E-state index in [1.807, 2.05) is 6.07 Å². The lowest BCUT2D eigenvalue weighted by Gasteiger charge is -2.28. The van der Waals surface area contributed by atoms with Crippen molar-refractivity contribution in [3.8, 4) is 11.1 Å². The lowest BCUT2D eigenvalue weighted by molar-refractivity contribution is 0.101. The molecule has 1 aliphatic rings. The monoisotopic (exact) mass is 338 g/mol. The summed E-state index contributed by atoms with van der Waals surface area (Å²) in [5, 5.41) is 0. The van der Waals surface area contributed by atoms with Crippen LogP contribution in [-0.2, 0) is 0 Å². The third-order valence-corrected chi connectivity index (χ3v) is 5.61. The molecule has 2 aromatic rings. The van der Waals surface area contributed by atoms with Gasteiger partial charge in [-0.15, -0.1) is 0 Å². The molecule has 0 aromatic heterocycles. The van der Waals surface area contributed by atoms with Crippen LogP contribution in [0.5, 0.6) is 0 Å². The minimum Gasteiger partial charge on any atom is -0.294 e. The van der Waals surface area contributed by atoms with Crippen LogP contribution in [0.4, 0.5) is 4.39 Å². The van der Waals surface area contributed by atoms with Crippen LogP contribution in [0.1, 0.15) is 74.2 Å². The average molecular weight is 338 g/mol. The van der Waals surface area contributed by atoms with Crippen molar-refractivity contribution in [1.29, 1.82) is 0 Å². The zero-order valence-corrected chi connectivity index (χ0v) is 15.2. The smallest absolute Gasteiger partial charge is 0.162 e. The molecule has 1 fully saturated rings. The van der Waals surface area contributed by atoms with Crippen molar-refractivity contribution in [3.05, 3.63) is 59.4 Å². The maximum absolute atomic E-state index is 14.0. The second kappa shape index (κ2) is 7.95. The highest BCUT2D eigenvalue weighted by molar-refractivity contribution is 5.94. The number of hydrogen-bond acceptors (Lipinski definition) is 1. The summed E-state index contributed by atoms with van der Waals surface area (Å²) >= 11 is 0. The summed E-state index contributed by atoms with van der Waals surface area (Å²) in [4.78, 5) is 11.4. The van der Waals surface area contributed by atoms with Gasteiger partial charge >= 0.3 is 0 Å². The fourth-order valence-corrected chi connectivity index (χ4v) is 4.12. The molecule has 0 radical (unpaired) electrons. The van der Waals surface area contributed by atoms with Gasteiger partial charge in [-0.1, -0.05) is 50.1 Å². The van der Waals surface area contributed by atoms with E-state index in [0.717, 1.165) is 17.0 Å². The summed E-state index contributed by atoms with van der Waals surface area (Å²) in [5.74, 6) is 0.906. The molecule has 0 saturated heterocycles. The van der Waals surface area contributed by atoms with E-state index in [4.69, 9.17) is 0 Å². The predicted molar refractivity (Wildman–Crippen MR) is 101 cm³/mol. The quantitative estimate of drug-likeness (QED) is 0.550. The van der Waals surface area contributed by atoms with Gasteiger partial charge in [-0.2, -0.15) is 0 Å². The number of carbonyl (C=O) groups is 1. The van der Waals surface area contributed by atoms with Crippen molar-refractivity contribution in [3.63, 3.8) is 0 Å². The number of carbonyl (C=O) groups excluding carboxylic acids is 1. The number of rotatable bonds is 5. The molecular formula is C23H27FO. The minimum absolute atomic E-state index is 0.157. The summed E-state index contributed by atoms with van der Waals surface area (Å²) < 4.78 is 14.0. The highest BCUT2D eigenvalue weighted by Gasteiger charge is 2.21. The Morgan fingerprint density at radius 3 is 2.20 bits per heavy atom. The topological polar surface area (TPSA) is 17.1 Å². The van der Waals surface area contributed by atoms with E-state index in [1.165, 1.54) is 57.1 Å². The van der Waals surface area contributed by atoms with Crippen LogP contribution in [0.25, 0.3) is 11.1 Å². The molecule has 1 nitrogen and oxygen atoms in total. The van der Waals surface area contributed by atoms with Gasteiger partial charge in [0.2, 0.25) is 0 Å². The molecule has 0 spiro atoms. The van der Waals surface area contributed by atoms with Crippen LogP contribution < -0.4 is 0 Å². The summed E-state index contributed by atoms with van der Waals surface area (Å²) in [7, 11) is 0. The Morgan fingerprint density at radius 1 is 1.00 bits per heavy atom. The third-order valence-electron chi connectivity index (χ3n) is 5.61. The summed E-state index contributed by atoms with van der Waals surface area (Å²) in [6.07, 6.45) is 7.92. The molecule has 0 bridgehead atoms. The second-order valence-electron chi connectivity index (χ2n) is 7.38. The minimum atomic E-state index is -0.441. The van der Waals surface area contributed by atoms with Crippen molar-refractivity contribution >= 4 is 5.78 Å². The van der Waals surface area contributed by atoms with E-state index < -0.39 is 5.82 Å². The first-order chi connectivity index (χ1) is 12.1. The molecule has 25 heavy (non-hydrogen) atoms. The average Bonchev–Trinajstić information content (AvgIpc) is 2.62. The zero-order chi connectivity index (χ0) is 17.8. The Hall–Kier alpha value is -1.96. The number of benzene rings is 2. The van der Waals surface area contributed by atoms with Gasteiger partial charge in [-0.25, -0.2) is 4.39 Å². The summed E-state index contributed by atoms with van der Waals surface area (Å²) in [6, 6.07) is 13.4. The lowest BCUT2D eigenvalue weighted by atomic mass is 9.77. The van der Waals surface area contributed by atoms with Crippen LogP contribution in [0.3, 0.4) is 0 Å². The van der Waals surface area contributed by atoms with Crippen LogP contribution in [-0.4, -0.2) is 5.78 Å². The normalized spacial score (nSPS) is 20.4. The number of hydrogen-bond donors (Lipinski definition) is 0. The lowest BCUT2D eigenvalue weighted by Crippen LogP contribution is -2.13. The van der Waals surface area contributed by atoms with Gasteiger partial charge in [0.05, 0.1) is 5.56 Å². The molecule has 0 heterocycles. The summed E-state index contributed by atoms with van der Waals surface area (Å²) in [6.45, 7) is 3.67. The van der Waals surface area contributed by atoms with Gasteiger partial charge < -0.3 is 0 Å². The third kappa shape index (κ3) is 4.18. The fraction of sp³-hybridized carbons (Fsp3) is 0.435. The SMILES string of the molecule is CCCC1CCC(c2ccc(-c3ccc(C(C)=O)c(F)c3)cc2)CC1. The zero-order valence-electron chi connectivity index (χ0n) is 15.2. The number of halogens is 1. The van der Waals surface area contributed by atoms with Crippen LogP contribution in [0.15, 0.2) is 42.5 Å². The highest BCUT2D eigenvalue weighted by Crippen LogP contribution is 2.38. The molecule has 0 atom stereocenters. The molecule has 0 amide bonds. The molecule has 0 N–H and O–H groups in total. The van der Waals surface area contributed by atoms with Gasteiger partial charge in [0.15, 0.2) is 5.78 Å². The second-order valence-corrected chi connectivity index (χ2v) is 7.38. The first-order valence-electron chi connectivity index (χ1n) is 9.49. The number of Topliss-reactive ketones (excluding diaryl/α,β-unsaturated/α-hetero) is 1. The van der Waals surface area contributed by atoms with Gasteiger partial charge in [-0.3, -0.25) is 4.79 Å². The van der Waals surface area contributed by atoms with E-state index >= 15 is 0 Å². The van der Waals surface area contributed by atoms with Gasteiger partial charge in [0.1, 0.15) is 5.82 Å². The maximum atomic E-state index is 14.0. The van der Waals surface area contributed by atoms with Crippen molar-refractivity contribution in [2.75, 3.05) is 0 Å². The van der Waals surface area contributed by atoms with Crippen LogP contribution in [0, 0.1) is 11.7 Å². The Balaban J connectivity index is 1.70. The van der Waals surface area contributed by atoms with Gasteiger partial charge in [-0.05, 0) is 73.3 Å². The molecule has 0 unspecified atom stereocenters. The number of ketones is 1. The standard InChI is InChI=1S/C23H27FO/c1-3-4-17-5-7-18(8-6-17)19-9-11-20(12-10-19)21-13-14-22(16(2)25)23(24)15-21/h9-15,17-18H,3-8H2,1-2H3. The van der Waals surface area contributed by atoms with E-state index in [-0.39, 0.29) is 11.3 Å².